The number of halogens is 8. The monoisotopic (exact) mass is 276 g/mol. The fourth-order valence-corrected chi connectivity index (χ4v) is 0. The molecule has 0 spiro atoms. The molecule has 0 aliphatic heterocycles. The van der Waals surface area contributed by atoms with Gasteiger partial charge in [0.15, 0.2) is 0 Å². The minimum absolute atomic E-state index is 1.75. The van der Waals surface area contributed by atoms with Gasteiger partial charge in [-0.15, -0.1) is 17.6 Å². The predicted octanol–water partition coefficient (Wildman–Crippen LogP) is 3.15. The summed E-state index contributed by atoms with van der Waals surface area (Å²) in [5.41, 5.74) is 0. The summed E-state index contributed by atoms with van der Waals surface area (Å²) in [5, 5.41) is 0. The van der Waals surface area contributed by atoms with Gasteiger partial charge >= 0.3 is 52.4 Å². The fraction of sp³-hybridized carbons (Fsp3) is 1.00. The van der Waals surface area contributed by atoms with Crippen LogP contribution in [0, 0.1) is 0 Å². The van der Waals surface area contributed by atoms with E-state index >= 15 is 0 Å². The van der Waals surface area contributed by atoms with E-state index in [-0.39, 0.29) is 0 Å². The summed E-state index contributed by atoms with van der Waals surface area (Å²) < 4.78 is 77.2. The normalized spacial score (nSPS) is 9.45. The maximum atomic E-state index is 9.69. The van der Waals surface area contributed by atoms with E-state index in [2.05, 4.69) is 0 Å². The molecule has 0 saturated carbocycles. The summed E-state index contributed by atoms with van der Waals surface area (Å²) in [5.74, 6) is 0. The molecule has 0 amide bonds. The number of alkyl halides is 4. The Morgan fingerprint density at radius 1 is 0.636 bits per heavy atom. The van der Waals surface area contributed by atoms with E-state index in [1.54, 1.807) is 0 Å². The van der Waals surface area contributed by atoms with Crippen molar-refractivity contribution in [2.45, 2.75) is 6.43 Å². The Morgan fingerprint density at radius 2 is 0.636 bits per heavy atom. The Bertz CT molecular complexity index is 42.5. The number of rotatable bonds is 0. The van der Waals surface area contributed by atoms with Crippen LogP contribution in [0.2, 0.25) is 0 Å². The van der Waals surface area contributed by atoms with E-state index in [0.29, 0.717) is 0 Å². The molecule has 0 N–H and O–H groups in total. The maximum absolute atomic E-state index is 9.69. The third-order valence-corrected chi connectivity index (χ3v) is 0. The van der Waals surface area contributed by atoms with Gasteiger partial charge in [0.05, 0.1) is 0 Å². The van der Waals surface area contributed by atoms with Crippen molar-refractivity contribution < 1.29 is 63.5 Å². The zero-order chi connectivity index (χ0) is 9.91. The Hall–Kier alpha value is 0.479. The first-order valence-corrected chi connectivity index (χ1v) is 2.96. The third kappa shape index (κ3) is 3280. The van der Waals surface area contributed by atoms with E-state index in [9.17, 15) is 31.8 Å². The molecule has 0 aromatic heterocycles. The van der Waals surface area contributed by atoms with Crippen molar-refractivity contribution in [3.05, 3.63) is 0 Å². The van der Waals surface area contributed by atoms with Gasteiger partial charge in [-0.05, 0) is 0 Å². The number of hydrogen-bond donors (Lipinski definition) is 0. The van der Waals surface area contributed by atoms with Crippen LogP contribution in [-0.2, 0) is 31.7 Å². The molecule has 0 saturated heterocycles. The first-order valence-electron chi connectivity index (χ1n) is 1.29. The van der Waals surface area contributed by atoms with Crippen molar-refractivity contribution in [3.63, 3.8) is 0 Å². The van der Waals surface area contributed by atoms with Crippen LogP contribution in [0.25, 0.3) is 0 Å². The van der Waals surface area contributed by atoms with Gasteiger partial charge in [0.25, 0.3) is 0 Å². The van der Waals surface area contributed by atoms with E-state index in [1.807, 2.05) is 0 Å². The van der Waals surface area contributed by atoms with Crippen LogP contribution in [0.4, 0.5) is 31.8 Å². The molecule has 0 fully saturated rings. The van der Waals surface area contributed by atoms with E-state index in [0.717, 1.165) is 0 Å². The molecule has 0 bridgehead atoms. The zero-order valence-corrected chi connectivity index (χ0v) is 6.44. The molecule has 0 radical (unpaired) electrons. The Balaban J connectivity index is -0.0000000933. The number of hydrogen-bond acceptors (Lipinski definition) is 0. The summed E-state index contributed by atoms with van der Waals surface area (Å²) in [6.07, 6.45) is -5.50. The van der Waals surface area contributed by atoms with E-state index < -0.39 is 38.2 Å². The molecule has 0 aliphatic carbocycles. The van der Waals surface area contributed by atoms with Gasteiger partial charge in [0, 0.05) is 0 Å². The molecule has 0 unspecified atom stereocenters. The van der Waals surface area contributed by atoms with Crippen LogP contribution in [0.3, 0.4) is 0 Å². The van der Waals surface area contributed by atoms with Gasteiger partial charge in [-0.3, -0.25) is 0 Å². The zero-order valence-electron chi connectivity index (χ0n) is 4.23. The molecule has 76 valence electrons. The van der Waals surface area contributed by atoms with Gasteiger partial charge in [-0.2, -0.15) is 0 Å². The Labute approximate surface area is 70.5 Å². The first-order chi connectivity index (χ1) is 4.83. The average Bonchev–Trinajstić information content (AvgIpc) is 1.62. The van der Waals surface area contributed by atoms with Gasteiger partial charge in [0.1, 0.15) is 0 Å². The molecule has 0 aromatic rings. The van der Waals surface area contributed by atoms with Crippen molar-refractivity contribution in [2.75, 3.05) is 0 Å². The topological polar surface area (TPSA) is 0 Å². The SMILES string of the molecule is FC(F)(F)F.[F][Fe][F].[F][Fe][F]. The van der Waals surface area contributed by atoms with Crippen LogP contribution in [0.15, 0.2) is 0 Å². The van der Waals surface area contributed by atoms with E-state index in [1.165, 1.54) is 0 Å². The second kappa shape index (κ2) is 13.1. The van der Waals surface area contributed by atoms with Gasteiger partial charge in [0.2, 0.25) is 0 Å². The molecule has 0 nitrogen and oxygen atoms in total. The minimum atomic E-state index is -5.50. The molecule has 11 heavy (non-hydrogen) atoms. The first kappa shape index (κ1) is 17.5. The summed E-state index contributed by atoms with van der Waals surface area (Å²) in [4.78, 5) is 0. The van der Waals surface area contributed by atoms with Crippen LogP contribution >= 0.6 is 0 Å². The molecule has 10 heteroatoms. The van der Waals surface area contributed by atoms with Crippen molar-refractivity contribution in [1.82, 2.24) is 0 Å². The summed E-state index contributed by atoms with van der Waals surface area (Å²) >= 11 is -3.50. The van der Waals surface area contributed by atoms with Crippen LogP contribution < -0.4 is 0 Å². The van der Waals surface area contributed by atoms with Gasteiger partial charge in [-0.25, -0.2) is 0 Å². The molecular formula is CF8Fe2. The molecule has 0 aromatic carbocycles. The summed E-state index contributed by atoms with van der Waals surface area (Å²) in [7, 11) is 0. The van der Waals surface area contributed by atoms with Gasteiger partial charge in [-0.1, -0.05) is 0 Å². The molecule has 0 heterocycles. The predicted molar refractivity (Wildman–Crippen MR) is 11.6 cm³/mol. The molecule has 0 aliphatic rings. The third-order valence-electron chi connectivity index (χ3n) is 0. The van der Waals surface area contributed by atoms with Crippen LogP contribution in [0.5, 0.6) is 0 Å². The standard InChI is InChI=1S/CF4.4FH.2Fe/c2-1(3,4)5;;;;;;/h;4*1H;;/q;;;;;2*+2/p-4. The average molecular weight is 276 g/mol. The van der Waals surface area contributed by atoms with E-state index in [4.69, 9.17) is 0 Å². The van der Waals surface area contributed by atoms with Crippen molar-refractivity contribution >= 4 is 0 Å². The quantitative estimate of drug-likeness (QED) is 0.471. The Morgan fingerprint density at radius 3 is 0.636 bits per heavy atom. The van der Waals surface area contributed by atoms with Crippen LogP contribution in [0.1, 0.15) is 0 Å². The van der Waals surface area contributed by atoms with Crippen molar-refractivity contribution in [2.24, 2.45) is 0 Å². The summed E-state index contributed by atoms with van der Waals surface area (Å²) in [6, 6.07) is 0. The second-order valence-electron chi connectivity index (χ2n) is 0.530. The summed E-state index contributed by atoms with van der Waals surface area (Å²) in [6.45, 7) is 0. The fourth-order valence-electron chi connectivity index (χ4n) is 0. The van der Waals surface area contributed by atoms with Crippen molar-refractivity contribution in [3.8, 4) is 0 Å². The molecule has 0 atom stereocenters. The van der Waals surface area contributed by atoms with Crippen LogP contribution in [-0.4, -0.2) is 6.43 Å². The molecular weight excluding hydrogens is 276 g/mol. The molecule has 0 rings (SSSR count). The second-order valence-corrected chi connectivity index (χ2v) is 0.845. The van der Waals surface area contributed by atoms with Crippen molar-refractivity contribution in [1.29, 1.82) is 0 Å². The Kier molecular flexibility index (Phi) is 20.9. The van der Waals surface area contributed by atoms with Gasteiger partial charge < -0.3 is 0 Å².